The Balaban J connectivity index is 1.40. The summed E-state index contributed by atoms with van der Waals surface area (Å²) in [6.45, 7) is 7.24. The molecule has 0 spiro atoms. The first-order valence-electron chi connectivity index (χ1n) is 10.7. The monoisotopic (exact) mass is 518 g/mol. The second-order valence-electron chi connectivity index (χ2n) is 8.28. The molecular weight excluding hydrogens is 492 g/mol. The number of amides is 1. The number of carbonyl (C=O) groups excluding carboxylic acids is 1. The van der Waals surface area contributed by atoms with Crippen molar-refractivity contribution >= 4 is 42.6 Å². The zero-order valence-electron chi connectivity index (χ0n) is 18.5. The van der Waals surface area contributed by atoms with E-state index in [1.807, 2.05) is 55.8 Å². The zero-order chi connectivity index (χ0) is 23.0. The molecule has 1 aromatic heterocycles. The maximum absolute atomic E-state index is 13.1. The van der Waals surface area contributed by atoms with E-state index >= 15 is 0 Å². The molecule has 170 valence electrons. The van der Waals surface area contributed by atoms with E-state index in [9.17, 15) is 13.2 Å². The second-order valence-corrected chi connectivity index (χ2v) is 11.0. The number of aromatic nitrogens is 2. The van der Waals surface area contributed by atoms with Crippen LogP contribution in [0.4, 0.5) is 0 Å². The Labute approximate surface area is 197 Å². The number of carbonyl (C=O) groups is 1. The Bertz CT molecular complexity index is 1260. The molecule has 1 atom stereocenters. The smallest absolute Gasteiger partial charge is 0.243 e. The Hall–Kier alpha value is -2.23. The van der Waals surface area contributed by atoms with Crippen molar-refractivity contribution in [2.45, 2.75) is 38.1 Å². The third kappa shape index (κ3) is 4.33. The predicted octanol–water partition coefficient (Wildman–Crippen LogP) is 3.90. The summed E-state index contributed by atoms with van der Waals surface area (Å²) in [5.41, 5.74) is 1.89. The number of sulfonamides is 1. The van der Waals surface area contributed by atoms with Gasteiger partial charge in [0.1, 0.15) is 0 Å². The molecule has 1 saturated heterocycles. The third-order valence-electron chi connectivity index (χ3n) is 6.07. The molecule has 1 fully saturated rings. The van der Waals surface area contributed by atoms with Crippen LogP contribution in [0.15, 0.2) is 51.8 Å². The highest BCUT2D eigenvalue weighted by atomic mass is 79.9. The van der Waals surface area contributed by atoms with Gasteiger partial charge in [-0.25, -0.2) is 8.42 Å². The summed E-state index contributed by atoms with van der Waals surface area (Å²) in [5, 5.41) is 6.42. The predicted molar refractivity (Wildman–Crippen MR) is 128 cm³/mol. The van der Waals surface area contributed by atoms with Crippen molar-refractivity contribution in [1.29, 1.82) is 0 Å². The summed E-state index contributed by atoms with van der Waals surface area (Å²) in [5.74, 6) is 0.0175. The molecular formula is C23H27BrN4O3S. The SMILES string of the molecule is Cc1nn([C@@H](C)CC(=O)N2CCN(S(=O)(=O)c3ccc4ccccc4c3)CC2)c(C)c1Br. The molecule has 7 nitrogen and oxygen atoms in total. The summed E-state index contributed by atoms with van der Waals surface area (Å²) in [6.07, 6.45) is 0.325. The highest BCUT2D eigenvalue weighted by molar-refractivity contribution is 9.10. The summed E-state index contributed by atoms with van der Waals surface area (Å²) >= 11 is 3.53. The fraction of sp³-hybridized carbons (Fsp3) is 0.391. The fourth-order valence-electron chi connectivity index (χ4n) is 4.20. The average Bonchev–Trinajstić information content (AvgIpc) is 3.06. The zero-order valence-corrected chi connectivity index (χ0v) is 20.9. The Morgan fingerprint density at radius 1 is 1.06 bits per heavy atom. The number of benzene rings is 2. The lowest BCUT2D eigenvalue weighted by molar-refractivity contribution is -0.133. The summed E-state index contributed by atoms with van der Waals surface area (Å²) in [6, 6.07) is 12.8. The van der Waals surface area contributed by atoms with Crippen molar-refractivity contribution in [3.63, 3.8) is 0 Å². The first-order chi connectivity index (χ1) is 15.2. The number of fused-ring (bicyclic) bond motifs is 1. The van der Waals surface area contributed by atoms with Crippen molar-refractivity contribution in [3.8, 4) is 0 Å². The lowest BCUT2D eigenvalue weighted by Gasteiger charge is -2.34. The number of hydrogen-bond acceptors (Lipinski definition) is 4. The van der Waals surface area contributed by atoms with Gasteiger partial charge >= 0.3 is 0 Å². The van der Waals surface area contributed by atoms with Crippen molar-refractivity contribution in [2.75, 3.05) is 26.2 Å². The van der Waals surface area contributed by atoms with Crippen LogP contribution in [0.2, 0.25) is 0 Å². The molecule has 2 aromatic carbocycles. The van der Waals surface area contributed by atoms with Crippen LogP contribution in [-0.4, -0.2) is 59.5 Å². The van der Waals surface area contributed by atoms with Gasteiger partial charge in [0.25, 0.3) is 0 Å². The van der Waals surface area contributed by atoms with E-state index in [4.69, 9.17) is 0 Å². The molecule has 9 heteroatoms. The van der Waals surface area contributed by atoms with Crippen molar-refractivity contribution in [1.82, 2.24) is 19.0 Å². The van der Waals surface area contributed by atoms with Crippen LogP contribution in [0.25, 0.3) is 10.8 Å². The number of hydrogen-bond donors (Lipinski definition) is 0. The summed E-state index contributed by atoms with van der Waals surface area (Å²) in [7, 11) is -3.60. The van der Waals surface area contributed by atoms with Gasteiger partial charge in [0.15, 0.2) is 0 Å². The first kappa shape index (κ1) is 22.9. The van der Waals surface area contributed by atoms with E-state index in [0.29, 0.717) is 37.5 Å². The standard InChI is InChI=1S/C23H27BrN4O3S/c1-16(28-18(3)23(24)17(2)25-28)14-22(29)26-10-12-27(13-11-26)32(30,31)21-9-8-19-6-4-5-7-20(19)15-21/h4-9,15-16H,10-14H2,1-3H3/t16-/m0/s1. The minimum atomic E-state index is -3.60. The van der Waals surface area contributed by atoms with Crippen LogP contribution in [0.5, 0.6) is 0 Å². The van der Waals surface area contributed by atoms with Gasteiger partial charge in [0, 0.05) is 32.6 Å². The van der Waals surface area contributed by atoms with E-state index in [1.54, 1.807) is 17.0 Å². The molecule has 0 aliphatic carbocycles. The number of aryl methyl sites for hydroxylation is 1. The van der Waals surface area contributed by atoms with E-state index in [1.165, 1.54) is 4.31 Å². The van der Waals surface area contributed by atoms with Crippen LogP contribution in [0.3, 0.4) is 0 Å². The minimum Gasteiger partial charge on any atom is -0.340 e. The third-order valence-corrected chi connectivity index (χ3v) is 9.12. The summed E-state index contributed by atoms with van der Waals surface area (Å²) in [4.78, 5) is 14.9. The molecule has 3 aromatic rings. The lowest BCUT2D eigenvalue weighted by Crippen LogP contribution is -2.50. The van der Waals surface area contributed by atoms with Gasteiger partial charge in [0.05, 0.1) is 26.8 Å². The van der Waals surface area contributed by atoms with Crippen LogP contribution in [-0.2, 0) is 14.8 Å². The number of nitrogens with zero attached hydrogens (tertiary/aromatic N) is 4. The Kier molecular flexibility index (Phi) is 6.42. The van der Waals surface area contributed by atoms with Gasteiger partial charge in [-0.15, -0.1) is 0 Å². The quantitative estimate of drug-likeness (QED) is 0.513. The van der Waals surface area contributed by atoms with E-state index < -0.39 is 10.0 Å². The van der Waals surface area contributed by atoms with E-state index in [2.05, 4.69) is 21.0 Å². The van der Waals surface area contributed by atoms with Crippen molar-refractivity contribution in [2.24, 2.45) is 0 Å². The largest absolute Gasteiger partial charge is 0.340 e. The molecule has 0 N–H and O–H groups in total. The Morgan fingerprint density at radius 2 is 1.72 bits per heavy atom. The lowest BCUT2D eigenvalue weighted by atomic mass is 10.1. The topological polar surface area (TPSA) is 75.5 Å². The van der Waals surface area contributed by atoms with Gasteiger partial charge in [-0.05, 0) is 59.6 Å². The molecule has 0 saturated carbocycles. The molecule has 1 aliphatic rings. The van der Waals surface area contributed by atoms with Crippen LogP contribution in [0.1, 0.15) is 30.8 Å². The fourth-order valence-corrected chi connectivity index (χ4v) is 5.91. The molecule has 32 heavy (non-hydrogen) atoms. The molecule has 1 amide bonds. The minimum absolute atomic E-state index is 0.0175. The van der Waals surface area contributed by atoms with Gasteiger partial charge in [0.2, 0.25) is 15.9 Å². The highest BCUT2D eigenvalue weighted by Crippen LogP contribution is 2.26. The van der Waals surface area contributed by atoms with Crippen molar-refractivity contribution < 1.29 is 13.2 Å². The maximum atomic E-state index is 13.1. The van der Waals surface area contributed by atoms with Gasteiger partial charge in [-0.3, -0.25) is 9.48 Å². The van der Waals surface area contributed by atoms with Gasteiger partial charge in [-0.2, -0.15) is 9.40 Å². The molecule has 1 aliphatic heterocycles. The van der Waals surface area contributed by atoms with E-state index in [0.717, 1.165) is 26.6 Å². The van der Waals surface area contributed by atoms with Crippen LogP contribution in [0, 0.1) is 13.8 Å². The molecule has 4 rings (SSSR count). The molecule has 0 bridgehead atoms. The first-order valence-corrected chi connectivity index (χ1v) is 12.9. The van der Waals surface area contributed by atoms with Crippen LogP contribution < -0.4 is 0 Å². The molecule has 0 unspecified atom stereocenters. The second kappa shape index (κ2) is 8.96. The Morgan fingerprint density at radius 3 is 2.34 bits per heavy atom. The van der Waals surface area contributed by atoms with Crippen LogP contribution >= 0.6 is 15.9 Å². The normalized spacial score (nSPS) is 16.4. The molecule has 2 heterocycles. The highest BCUT2D eigenvalue weighted by Gasteiger charge is 2.31. The maximum Gasteiger partial charge on any atom is 0.243 e. The molecule has 0 radical (unpaired) electrons. The number of piperazine rings is 1. The average molecular weight is 519 g/mol. The van der Waals surface area contributed by atoms with E-state index in [-0.39, 0.29) is 11.9 Å². The summed E-state index contributed by atoms with van der Waals surface area (Å²) < 4.78 is 30.6. The van der Waals surface area contributed by atoms with Gasteiger partial charge in [-0.1, -0.05) is 30.3 Å². The number of rotatable bonds is 5. The van der Waals surface area contributed by atoms with Crippen molar-refractivity contribution in [3.05, 3.63) is 58.3 Å². The number of halogens is 1. The van der Waals surface area contributed by atoms with Gasteiger partial charge < -0.3 is 4.90 Å².